The standard InChI is InChI=1S/C50H30N4S/c1-3-13-31(14-4-1)34-24-26-46-41(28-34)48-50(55-46)52-47(35-23-25-44-39(29-35)37-19-9-11-21-42(37)53(44)36-17-5-2-6-18-36)49(51-48)54-43-22-12-10-20-38(43)40-27-32-15-7-8-16-33(32)30-45(40)54/h1-30H. The first kappa shape index (κ1) is 30.4. The molecule has 256 valence electrons. The van der Waals surface area contributed by atoms with Crippen molar-refractivity contribution >= 4 is 86.2 Å². The normalized spacial score (nSPS) is 12.0. The van der Waals surface area contributed by atoms with Gasteiger partial charge in [-0.3, -0.25) is 4.57 Å². The molecule has 0 aliphatic rings. The van der Waals surface area contributed by atoms with Gasteiger partial charge in [-0.25, -0.2) is 9.97 Å². The highest BCUT2D eigenvalue weighted by Crippen LogP contribution is 2.42. The molecule has 8 aromatic carbocycles. The molecule has 4 aromatic heterocycles. The lowest BCUT2D eigenvalue weighted by Gasteiger charge is -2.14. The van der Waals surface area contributed by atoms with Crippen molar-refractivity contribution in [1.82, 2.24) is 19.1 Å². The zero-order chi connectivity index (χ0) is 36.0. The lowest BCUT2D eigenvalue weighted by atomic mass is 10.0. The number of nitrogens with zero attached hydrogens (tertiary/aromatic N) is 4. The van der Waals surface area contributed by atoms with Crippen LogP contribution in [0.25, 0.3) is 109 Å². The molecule has 0 aliphatic heterocycles. The Kier molecular flexibility index (Phi) is 6.47. The van der Waals surface area contributed by atoms with Crippen LogP contribution in [-0.4, -0.2) is 19.1 Å². The Hall–Kier alpha value is -7.08. The third-order valence-electron chi connectivity index (χ3n) is 11.1. The van der Waals surface area contributed by atoms with E-state index in [4.69, 9.17) is 9.97 Å². The molecular formula is C50H30N4S. The molecule has 55 heavy (non-hydrogen) atoms. The van der Waals surface area contributed by atoms with Crippen molar-refractivity contribution < 1.29 is 0 Å². The summed E-state index contributed by atoms with van der Waals surface area (Å²) in [6.45, 7) is 0. The van der Waals surface area contributed by atoms with E-state index in [1.54, 1.807) is 11.3 Å². The monoisotopic (exact) mass is 718 g/mol. The molecular weight excluding hydrogens is 689 g/mol. The molecule has 0 saturated carbocycles. The van der Waals surface area contributed by atoms with Crippen molar-refractivity contribution in [2.24, 2.45) is 0 Å². The number of hydrogen-bond donors (Lipinski definition) is 0. The Bertz CT molecular complexity index is 3480. The van der Waals surface area contributed by atoms with Crippen molar-refractivity contribution in [2.75, 3.05) is 0 Å². The van der Waals surface area contributed by atoms with Gasteiger partial charge in [-0.15, -0.1) is 11.3 Å². The summed E-state index contributed by atoms with van der Waals surface area (Å²) < 4.78 is 5.88. The van der Waals surface area contributed by atoms with Crippen LogP contribution < -0.4 is 0 Å². The fourth-order valence-corrected chi connectivity index (χ4v) is 9.58. The van der Waals surface area contributed by atoms with E-state index >= 15 is 0 Å². The minimum absolute atomic E-state index is 0.824. The van der Waals surface area contributed by atoms with E-state index in [1.807, 2.05) is 0 Å². The van der Waals surface area contributed by atoms with Gasteiger partial charge < -0.3 is 4.57 Å². The Morgan fingerprint density at radius 1 is 0.382 bits per heavy atom. The summed E-state index contributed by atoms with van der Waals surface area (Å²) in [6.07, 6.45) is 0. The zero-order valence-corrected chi connectivity index (χ0v) is 30.3. The van der Waals surface area contributed by atoms with Crippen LogP contribution in [0.15, 0.2) is 182 Å². The van der Waals surface area contributed by atoms with Crippen LogP contribution in [0.3, 0.4) is 0 Å². The maximum atomic E-state index is 5.70. The summed E-state index contributed by atoms with van der Waals surface area (Å²) in [5.41, 5.74) is 10.9. The first-order valence-electron chi connectivity index (χ1n) is 18.6. The molecule has 0 radical (unpaired) electrons. The highest BCUT2D eigenvalue weighted by molar-refractivity contribution is 7.25. The van der Waals surface area contributed by atoms with Crippen LogP contribution in [0.5, 0.6) is 0 Å². The molecule has 5 heteroatoms. The minimum Gasteiger partial charge on any atom is -0.309 e. The Balaban J connectivity index is 1.19. The first-order valence-corrected chi connectivity index (χ1v) is 19.4. The third kappa shape index (κ3) is 4.57. The van der Waals surface area contributed by atoms with Crippen molar-refractivity contribution in [3.05, 3.63) is 182 Å². The first-order chi connectivity index (χ1) is 27.3. The highest BCUT2D eigenvalue weighted by atomic mass is 32.1. The average molecular weight is 719 g/mol. The predicted octanol–water partition coefficient (Wildman–Crippen LogP) is 13.5. The summed E-state index contributed by atoms with van der Waals surface area (Å²) >= 11 is 1.71. The summed E-state index contributed by atoms with van der Waals surface area (Å²) in [4.78, 5) is 12.2. The highest BCUT2D eigenvalue weighted by Gasteiger charge is 2.23. The fraction of sp³-hybridized carbons (Fsp3) is 0. The van der Waals surface area contributed by atoms with E-state index in [-0.39, 0.29) is 0 Å². The lowest BCUT2D eigenvalue weighted by Crippen LogP contribution is -2.03. The van der Waals surface area contributed by atoms with E-state index in [9.17, 15) is 0 Å². The Morgan fingerprint density at radius 3 is 1.76 bits per heavy atom. The number of aromatic nitrogens is 4. The van der Waals surface area contributed by atoms with Gasteiger partial charge in [0.1, 0.15) is 16.0 Å². The molecule has 12 aromatic rings. The van der Waals surface area contributed by atoms with Crippen molar-refractivity contribution in [3.8, 4) is 33.9 Å². The van der Waals surface area contributed by atoms with Gasteiger partial charge in [0.2, 0.25) is 0 Å². The molecule has 0 atom stereocenters. The molecule has 0 aliphatic carbocycles. The van der Waals surface area contributed by atoms with E-state index in [0.29, 0.717) is 0 Å². The number of rotatable bonds is 4. The summed E-state index contributed by atoms with van der Waals surface area (Å²) in [6, 6.07) is 65.4. The molecule has 12 rings (SSSR count). The van der Waals surface area contributed by atoms with Gasteiger partial charge in [0.15, 0.2) is 5.82 Å². The van der Waals surface area contributed by atoms with E-state index < -0.39 is 0 Å². The van der Waals surface area contributed by atoms with E-state index in [2.05, 4.69) is 191 Å². The third-order valence-corrected chi connectivity index (χ3v) is 12.2. The summed E-state index contributed by atoms with van der Waals surface area (Å²) in [7, 11) is 0. The Labute approximate surface area is 319 Å². The van der Waals surface area contributed by atoms with Gasteiger partial charge in [-0.05, 0) is 82.6 Å². The summed E-state index contributed by atoms with van der Waals surface area (Å²) in [5, 5.41) is 8.31. The van der Waals surface area contributed by atoms with Crippen LogP contribution in [0.4, 0.5) is 0 Å². The second kappa shape index (κ2) is 11.7. The molecule has 0 bridgehead atoms. The van der Waals surface area contributed by atoms with Crippen molar-refractivity contribution in [1.29, 1.82) is 0 Å². The van der Waals surface area contributed by atoms with Crippen molar-refractivity contribution in [2.45, 2.75) is 0 Å². The zero-order valence-electron chi connectivity index (χ0n) is 29.5. The van der Waals surface area contributed by atoms with Crippen LogP contribution in [-0.2, 0) is 0 Å². The van der Waals surface area contributed by atoms with Gasteiger partial charge in [0.25, 0.3) is 0 Å². The van der Waals surface area contributed by atoms with Crippen LogP contribution in [0.2, 0.25) is 0 Å². The van der Waals surface area contributed by atoms with Gasteiger partial charge in [0.05, 0.1) is 22.1 Å². The van der Waals surface area contributed by atoms with E-state index in [0.717, 1.165) is 55.0 Å². The number of fused-ring (bicyclic) bond motifs is 10. The molecule has 0 saturated heterocycles. The molecule has 0 spiro atoms. The number of para-hydroxylation sites is 3. The largest absolute Gasteiger partial charge is 0.309 e. The quantitative estimate of drug-likeness (QED) is 0.182. The minimum atomic E-state index is 0.824. The Morgan fingerprint density at radius 2 is 0.982 bits per heavy atom. The molecule has 0 N–H and O–H groups in total. The topological polar surface area (TPSA) is 35.6 Å². The van der Waals surface area contributed by atoms with Crippen molar-refractivity contribution in [3.63, 3.8) is 0 Å². The van der Waals surface area contributed by atoms with Gasteiger partial charge in [-0.1, -0.05) is 121 Å². The maximum Gasteiger partial charge on any atom is 0.165 e. The second-order valence-electron chi connectivity index (χ2n) is 14.2. The average Bonchev–Trinajstić information content (AvgIpc) is 3.89. The van der Waals surface area contributed by atoms with Crippen LogP contribution >= 0.6 is 11.3 Å². The van der Waals surface area contributed by atoms with Crippen LogP contribution in [0.1, 0.15) is 0 Å². The summed E-state index contributed by atoms with van der Waals surface area (Å²) in [5.74, 6) is 0.824. The molecule has 4 heterocycles. The van der Waals surface area contributed by atoms with Gasteiger partial charge >= 0.3 is 0 Å². The lowest BCUT2D eigenvalue weighted by molar-refractivity contribution is 1.09. The van der Waals surface area contributed by atoms with Gasteiger partial charge in [0, 0.05) is 42.9 Å². The molecule has 0 amide bonds. The maximum absolute atomic E-state index is 5.70. The predicted molar refractivity (Wildman–Crippen MR) is 232 cm³/mol. The number of thiophene rings is 1. The smallest absolute Gasteiger partial charge is 0.165 e. The van der Waals surface area contributed by atoms with Gasteiger partial charge in [-0.2, -0.15) is 0 Å². The fourth-order valence-electron chi connectivity index (χ4n) is 8.58. The van der Waals surface area contributed by atoms with E-state index in [1.165, 1.54) is 53.7 Å². The number of hydrogen-bond acceptors (Lipinski definition) is 3. The molecule has 0 fully saturated rings. The number of benzene rings is 8. The SMILES string of the molecule is c1ccc(-c2ccc3sc4nc(-c5ccc6c(c5)c5ccccc5n6-c5ccccc5)c(-n5c6ccccc6c6cc7ccccc7cc65)nc4c3c2)cc1. The second-order valence-corrected chi connectivity index (χ2v) is 15.2. The molecule has 4 nitrogen and oxygen atoms in total. The van der Waals surface area contributed by atoms with Crippen LogP contribution in [0, 0.1) is 0 Å². The molecule has 0 unspecified atom stereocenters.